The summed E-state index contributed by atoms with van der Waals surface area (Å²) in [5, 5.41) is 12.6. The average Bonchev–Trinajstić information content (AvgIpc) is 2.98. The smallest absolute Gasteiger partial charge is 0.234 e. The highest BCUT2D eigenvalue weighted by molar-refractivity contribution is 5.78. The van der Waals surface area contributed by atoms with Gasteiger partial charge in [-0.3, -0.25) is 14.6 Å². The number of piperazine rings is 1. The lowest BCUT2D eigenvalue weighted by molar-refractivity contribution is -0.124. The summed E-state index contributed by atoms with van der Waals surface area (Å²) in [5.41, 5.74) is 5.14. The summed E-state index contributed by atoms with van der Waals surface area (Å²) in [6, 6.07) is 17.1. The summed E-state index contributed by atoms with van der Waals surface area (Å²) in [7, 11) is 2.18. The molecule has 6 heteroatoms. The summed E-state index contributed by atoms with van der Waals surface area (Å²) in [6.07, 6.45) is 1.19. The van der Waals surface area contributed by atoms with E-state index in [0.29, 0.717) is 13.1 Å². The van der Waals surface area contributed by atoms with Crippen molar-refractivity contribution in [3.63, 3.8) is 0 Å². The number of benzene rings is 2. The fourth-order valence-corrected chi connectivity index (χ4v) is 4.42. The first-order chi connectivity index (χ1) is 15.1. The van der Waals surface area contributed by atoms with Crippen LogP contribution in [0.2, 0.25) is 0 Å². The summed E-state index contributed by atoms with van der Waals surface area (Å²) >= 11 is 0. The molecule has 2 aliphatic rings. The van der Waals surface area contributed by atoms with Gasteiger partial charge in [0.05, 0.1) is 18.2 Å². The van der Waals surface area contributed by atoms with Gasteiger partial charge in [0.2, 0.25) is 5.91 Å². The summed E-state index contributed by atoms with van der Waals surface area (Å²) in [4.78, 5) is 18.6. The van der Waals surface area contributed by atoms with E-state index in [4.69, 9.17) is 0 Å². The first-order valence-corrected chi connectivity index (χ1v) is 11.1. The standard InChI is InChI=1S/C25H31N5O/c1-28-10-2-11-29(14-13-28)18-21-5-8-24(23(15-21)16-26)22-6-3-20(4-7-22)17-30-12-9-27-25(31)19-30/h3-8,15H,2,9-14,17-19H2,1H3,(H,27,31). The summed E-state index contributed by atoms with van der Waals surface area (Å²) in [5.74, 6) is 0.0915. The first kappa shape index (κ1) is 21.5. The Balaban J connectivity index is 1.44. The van der Waals surface area contributed by atoms with E-state index in [-0.39, 0.29) is 5.91 Å². The van der Waals surface area contributed by atoms with E-state index < -0.39 is 0 Å². The van der Waals surface area contributed by atoms with Gasteiger partial charge in [0.1, 0.15) is 0 Å². The lowest BCUT2D eigenvalue weighted by atomic mass is 9.97. The molecule has 6 nitrogen and oxygen atoms in total. The number of carbonyl (C=O) groups is 1. The predicted molar refractivity (Wildman–Crippen MR) is 122 cm³/mol. The maximum Gasteiger partial charge on any atom is 0.234 e. The van der Waals surface area contributed by atoms with Crippen molar-refractivity contribution in [2.45, 2.75) is 19.5 Å². The average molecular weight is 418 g/mol. The lowest BCUT2D eigenvalue weighted by Gasteiger charge is -2.26. The van der Waals surface area contributed by atoms with Gasteiger partial charge in [0.25, 0.3) is 0 Å². The van der Waals surface area contributed by atoms with Crippen LogP contribution in [0.1, 0.15) is 23.1 Å². The van der Waals surface area contributed by atoms with Crippen LogP contribution < -0.4 is 5.32 Å². The van der Waals surface area contributed by atoms with E-state index in [1.165, 1.54) is 17.5 Å². The third-order valence-electron chi connectivity index (χ3n) is 6.21. The second-order valence-electron chi connectivity index (χ2n) is 8.68. The van der Waals surface area contributed by atoms with E-state index in [1.807, 2.05) is 6.07 Å². The van der Waals surface area contributed by atoms with Crippen LogP contribution >= 0.6 is 0 Å². The molecule has 1 N–H and O–H groups in total. The van der Waals surface area contributed by atoms with E-state index >= 15 is 0 Å². The minimum atomic E-state index is 0.0915. The third-order valence-corrected chi connectivity index (χ3v) is 6.21. The van der Waals surface area contributed by atoms with Gasteiger partial charge in [-0.05, 0) is 54.9 Å². The Bertz CT molecular complexity index is 949. The van der Waals surface area contributed by atoms with Crippen LogP contribution in [0.25, 0.3) is 11.1 Å². The van der Waals surface area contributed by atoms with Gasteiger partial charge in [-0.25, -0.2) is 0 Å². The Labute approximate surface area is 185 Å². The number of likely N-dealkylation sites (N-methyl/N-ethyl adjacent to an activating group) is 1. The second-order valence-corrected chi connectivity index (χ2v) is 8.68. The Morgan fingerprint density at radius 2 is 1.71 bits per heavy atom. The van der Waals surface area contributed by atoms with Crippen LogP contribution in [0.15, 0.2) is 42.5 Å². The highest BCUT2D eigenvalue weighted by Gasteiger charge is 2.16. The molecule has 2 heterocycles. The molecular formula is C25H31N5O. The molecule has 0 unspecified atom stereocenters. The van der Waals surface area contributed by atoms with Crippen molar-refractivity contribution in [1.82, 2.24) is 20.0 Å². The number of amides is 1. The molecule has 2 saturated heterocycles. The van der Waals surface area contributed by atoms with Crippen LogP contribution in [0.4, 0.5) is 0 Å². The Morgan fingerprint density at radius 3 is 2.48 bits per heavy atom. The maximum absolute atomic E-state index is 11.6. The molecule has 2 aliphatic heterocycles. The van der Waals surface area contributed by atoms with Crippen molar-refractivity contribution in [2.75, 3.05) is 52.9 Å². The zero-order valence-electron chi connectivity index (χ0n) is 18.3. The van der Waals surface area contributed by atoms with Crippen LogP contribution in [0.3, 0.4) is 0 Å². The molecule has 0 bridgehead atoms. The first-order valence-electron chi connectivity index (χ1n) is 11.1. The fourth-order valence-electron chi connectivity index (χ4n) is 4.42. The quantitative estimate of drug-likeness (QED) is 0.809. The van der Waals surface area contributed by atoms with E-state index in [9.17, 15) is 10.1 Å². The molecule has 2 aromatic rings. The molecule has 0 saturated carbocycles. The summed E-state index contributed by atoms with van der Waals surface area (Å²) < 4.78 is 0. The molecule has 0 spiro atoms. The van der Waals surface area contributed by atoms with Crippen LogP contribution in [0.5, 0.6) is 0 Å². The molecule has 2 fully saturated rings. The Kier molecular flexibility index (Phi) is 6.98. The maximum atomic E-state index is 11.6. The van der Waals surface area contributed by atoms with E-state index in [0.717, 1.165) is 62.5 Å². The monoisotopic (exact) mass is 417 g/mol. The Hall–Kier alpha value is -2.72. The molecule has 1 amide bonds. The van der Waals surface area contributed by atoms with Gasteiger partial charge in [0, 0.05) is 39.3 Å². The largest absolute Gasteiger partial charge is 0.354 e. The molecule has 0 atom stereocenters. The van der Waals surface area contributed by atoms with Crippen molar-refractivity contribution in [2.24, 2.45) is 0 Å². The Morgan fingerprint density at radius 1 is 0.935 bits per heavy atom. The fraction of sp³-hybridized carbons (Fsp3) is 0.440. The number of rotatable bonds is 5. The minimum Gasteiger partial charge on any atom is -0.354 e. The molecule has 31 heavy (non-hydrogen) atoms. The molecule has 0 aromatic heterocycles. The number of nitrogens with one attached hydrogen (secondary N) is 1. The van der Waals surface area contributed by atoms with Crippen molar-refractivity contribution in [1.29, 1.82) is 5.26 Å². The molecule has 162 valence electrons. The molecule has 0 aliphatic carbocycles. The topological polar surface area (TPSA) is 62.6 Å². The normalized spacial score (nSPS) is 18.9. The molecular weight excluding hydrogens is 386 g/mol. The highest BCUT2D eigenvalue weighted by Crippen LogP contribution is 2.26. The van der Waals surface area contributed by atoms with Crippen molar-refractivity contribution < 1.29 is 4.79 Å². The van der Waals surface area contributed by atoms with Gasteiger partial charge in [-0.15, -0.1) is 0 Å². The van der Waals surface area contributed by atoms with Crippen molar-refractivity contribution in [3.05, 3.63) is 59.2 Å². The number of nitrogens with zero attached hydrogens (tertiary/aromatic N) is 4. The third kappa shape index (κ3) is 5.71. The van der Waals surface area contributed by atoms with Crippen LogP contribution in [-0.4, -0.2) is 73.5 Å². The van der Waals surface area contributed by atoms with E-state index in [1.54, 1.807) is 0 Å². The molecule has 0 radical (unpaired) electrons. The van der Waals surface area contributed by atoms with Crippen LogP contribution in [-0.2, 0) is 17.9 Å². The highest BCUT2D eigenvalue weighted by atomic mass is 16.2. The molecule has 2 aromatic carbocycles. The van der Waals surface area contributed by atoms with Gasteiger partial charge < -0.3 is 10.2 Å². The van der Waals surface area contributed by atoms with Crippen molar-refractivity contribution >= 4 is 5.91 Å². The number of nitriles is 1. The van der Waals surface area contributed by atoms with Gasteiger partial charge in [-0.1, -0.05) is 36.4 Å². The van der Waals surface area contributed by atoms with Gasteiger partial charge >= 0.3 is 0 Å². The van der Waals surface area contributed by atoms with Crippen molar-refractivity contribution in [3.8, 4) is 17.2 Å². The molecule has 4 rings (SSSR count). The zero-order chi connectivity index (χ0) is 21.6. The minimum absolute atomic E-state index is 0.0915. The van der Waals surface area contributed by atoms with E-state index in [2.05, 4.69) is 69.5 Å². The number of hydrogen-bond acceptors (Lipinski definition) is 5. The SMILES string of the molecule is CN1CCCN(Cc2ccc(-c3ccc(CN4CCNC(=O)C4)cc3)c(C#N)c2)CC1. The van der Waals surface area contributed by atoms with Crippen LogP contribution in [0, 0.1) is 11.3 Å². The lowest BCUT2D eigenvalue weighted by Crippen LogP contribution is -2.47. The summed E-state index contributed by atoms with van der Waals surface area (Å²) in [6.45, 7) is 8.12. The second kappa shape index (κ2) is 10.1. The number of hydrogen-bond donors (Lipinski definition) is 1. The van der Waals surface area contributed by atoms with Gasteiger partial charge in [0.15, 0.2) is 0 Å². The zero-order valence-corrected chi connectivity index (χ0v) is 18.3. The van der Waals surface area contributed by atoms with Gasteiger partial charge in [-0.2, -0.15) is 5.26 Å². The number of carbonyl (C=O) groups excluding carboxylic acids is 1. The predicted octanol–water partition coefficient (Wildman–Crippen LogP) is 2.29.